The maximum absolute atomic E-state index is 2.34. The van der Waals surface area contributed by atoms with Crippen LogP contribution in [0.5, 0.6) is 0 Å². The molecule has 0 aromatic rings. The first-order valence-electron chi connectivity index (χ1n) is 3.92. The normalized spacial score (nSPS) is 13.6. The predicted octanol–water partition coefficient (Wildman–Crippen LogP) is -0.961. The summed E-state index contributed by atoms with van der Waals surface area (Å²) in [5.74, 6) is 0.644. The molecule has 0 saturated heterocycles. The molecule has 0 bridgehead atoms. The summed E-state index contributed by atoms with van der Waals surface area (Å²) >= 11 is 0. The lowest BCUT2D eigenvalue weighted by Crippen LogP contribution is -2.49. The van der Waals surface area contributed by atoms with Crippen molar-refractivity contribution in [1.82, 2.24) is 14.4 Å². The van der Waals surface area contributed by atoms with Gasteiger partial charge in [0, 0.05) is 0 Å². The minimum Gasteiger partial charge on any atom is -0.332 e. The molecule has 0 aliphatic carbocycles. The van der Waals surface area contributed by atoms with E-state index in [4.69, 9.17) is 0 Å². The maximum Gasteiger partial charge on any atom is 0.130 e. The molecule has 0 unspecified atom stereocenters. The molecule has 0 radical (unpaired) electrons. The quantitative estimate of drug-likeness (QED) is 0.402. The molecule has 0 aromatic carbocycles. The van der Waals surface area contributed by atoms with Crippen molar-refractivity contribution in [1.29, 1.82) is 0 Å². The second-order valence-corrected chi connectivity index (χ2v) is 6.03. The summed E-state index contributed by atoms with van der Waals surface area (Å²) < 4.78 is 2.34. The third kappa shape index (κ3) is 4.52. The van der Waals surface area contributed by atoms with Crippen LogP contribution in [0.15, 0.2) is 0 Å². The van der Waals surface area contributed by atoms with Gasteiger partial charge in [0.25, 0.3) is 0 Å². The molecule has 0 aliphatic heterocycles. The summed E-state index contributed by atoms with van der Waals surface area (Å²) in [6, 6.07) is 0. The average molecular weight is 175 g/mol. The van der Waals surface area contributed by atoms with E-state index in [0.717, 1.165) is 0 Å². The van der Waals surface area contributed by atoms with Crippen LogP contribution in [0.2, 0.25) is 0 Å². The highest BCUT2D eigenvalue weighted by atomic mass is 28.2. The highest BCUT2D eigenvalue weighted by Crippen LogP contribution is 1.95. The zero-order valence-corrected chi connectivity index (χ0v) is 10.0. The Labute approximate surface area is 72.9 Å². The standard InChI is InChI=1S/C7H21N3Si/c1-8(2)7(9(3)4)11-10(5)6/h7H,11H2,1-6H3. The van der Waals surface area contributed by atoms with Crippen LogP contribution in [-0.2, 0) is 0 Å². The van der Waals surface area contributed by atoms with Crippen LogP contribution in [0, 0.1) is 0 Å². The summed E-state index contributed by atoms with van der Waals surface area (Å²) in [5.41, 5.74) is 0. The smallest absolute Gasteiger partial charge is 0.130 e. The van der Waals surface area contributed by atoms with E-state index >= 15 is 0 Å². The molecule has 0 aromatic heterocycles. The van der Waals surface area contributed by atoms with Gasteiger partial charge in [-0.3, -0.25) is 9.80 Å². The van der Waals surface area contributed by atoms with Crippen molar-refractivity contribution in [3.63, 3.8) is 0 Å². The summed E-state index contributed by atoms with van der Waals surface area (Å²) in [6.07, 6.45) is 0. The van der Waals surface area contributed by atoms with Crippen LogP contribution in [0.3, 0.4) is 0 Å². The minimum absolute atomic E-state index is 0.150. The Morgan fingerprint density at radius 1 is 0.818 bits per heavy atom. The summed E-state index contributed by atoms with van der Waals surface area (Å²) in [4.78, 5) is 4.57. The summed E-state index contributed by atoms with van der Waals surface area (Å²) in [6.45, 7) is 0. The van der Waals surface area contributed by atoms with Crippen molar-refractivity contribution in [3.05, 3.63) is 0 Å². The molecule has 0 spiro atoms. The third-order valence-corrected chi connectivity index (χ3v) is 4.24. The van der Waals surface area contributed by atoms with Crippen LogP contribution in [0.25, 0.3) is 0 Å². The van der Waals surface area contributed by atoms with Crippen molar-refractivity contribution >= 4 is 9.68 Å². The fourth-order valence-corrected chi connectivity index (χ4v) is 2.42. The van der Waals surface area contributed by atoms with Crippen molar-refractivity contribution in [2.45, 2.75) is 5.79 Å². The van der Waals surface area contributed by atoms with Gasteiger partial charge in [-0.2, -0.15) is 0 Å². The van der Waals surface area contributed by atoms with Gasteiger partial charge in [0.2, 0.25) is 0 Å². The van der Waals surface area contributed by atoms with Gasteiger partial charge in [-0.05, 0) is 42.3 Å². The van der Waals surface area contributed by atoms with E-state index in [1.54, 1.807) is 0 Å². The van der Waals surface area contributed by atoms with Crippen LogP contribution >= 0.6 is 0 Å². The second-order valence-electron chi connectivity index (χ2n) is 3.67. The van der Waals surface area contributed by atoms with Crippen molar-refractivity contribution in [2.24, 2.45) is 0 Å². The Morgan fingerprint density at radius 3 is 1.27 bits per heavy atom. The molecular formula is C7H21N3Si. The first-order valence-corrected chi connectivity index (χ1v) is 5.37. The first-order chi connectivity index (χ1) is 4.95. The van der Waals surface area contributed by atoms with Crippen molar-refractivity contribution < 1.29 is 0 Å². The number of hydrogen-bond donors (Lipinski definition) is 0. The van der Waals surface area contributed by atoms with Crippen LogP contribution < -0.4 is 0 Å². The van der Waals surface area contributed by atoms with E-state index in [1.165, 1.54) is 0 Å². The third-order valence-electron chi connectivity index (χ3n) is 1.72. The minimum atomic E-state index is -0.150. The summed E-state index contributed by atoms with van der Waals surface area (Å²) in [5, 5.41) is 0. The van der Waals surface area contributed by atoms with Gasteiger partial charge in [0.1, 0.15) is 9.68 Å². The maximum atomic E-state index is 2.34. The summed E-state index contributed by atoms with van der Waals surface area (Å²) in [7, 11) is 12.7. The van der Waals surface area contributed by atoms with Gasteiger partial charge in [-0.25, -0.2) is 0 Å². The molecule has 0 amide bonds. The SMILES string of the molecule is CN(C)[SiH2]C(N(C)C)N(C)C. The Morgan fingerprint density at radius 2 is 1.18 bits per heavy atom. The highest BCUT2D eigenvalue weighted by Gasteiger charge is 2.14. The lowest BCUT2D eigenvalue weighted by atomic mass is 10.8. The van der Waals surface area contributed by atoms with Crippen molar-refractivity contribution in [2.75, 3.05) is 42.3 Å². The van der Waals surface area contributed by atoms with Gasteiger partial charge >= 0.3 is 0 Å². The van der Waals surface area contributed by atoms with Gasteiger partial charge in [0.15, 0.2) is 0 Å². The number of nitrogens with zero attached hydrogens (tertiary/aromatic N) is 3. The van der Waals surface area contributed by atoms with Crippen LogP contribution in [0.4, 0.5) is 0 Å². The van der Waals surface area contributed by atoms with Crippen molar-refractivity contribution in [3.8, 4) is 0 Å². The molecule has 0 heterocycles. The molecule has 0 saturated carbocycles. The molecule has 68 valence electrons. The van der Waals surface area contributed by atoms with Crippen LogP contribution in [0.1, 0.15) is 0 Å². The van der Waals surface area contributed by atoms with Gasteiger partial charge in [-0.1, -0.05) is 0 Å². The molecule has 0 atom stereocenters. The average Bonchev–Trinajstić information content (AvgIpc) is 1.81. The van der Waals surface area contributed by atoms with Gasteiger partial charge in [-0.15, -0.1) is 0 Å². The van der Waals surface area contributed by atoms with Gasteiger partial charge < -0.3 is 4.57 Å². The second kappa shape index (κ2) is 4.87. The first kappa shape index (κ1) is 11.1. The molecule has 0 aliphatic rings. The van der Waals surface area contributed by atoms with E-state index in [-0.39, 0.29) is 9.68 Å². The molecular weight excluding hydrogens is 154 g/mol. The van der Waals surface area contributed by atoms with E-state index < -0.39 is 0 Å². The van der Waals surface area contributed by atoms with E-state index in [9.17, 15) is 0 Å². The number of rotatable bonds is 4. The lowest BCUT2D eigenvalue weighted by Gasteiger charge is -2.32. The van der Waals surface area contributed by atoms with E-state index in [1.807, 2.05) is 0 Å². The molecule has 3 nitrogen and oxygen atoms in total. The monoisotopic (exact) mass is 175 g/mol. The zero-order valence-electron chi connectivity index (χ0n) is 8.63. The van der Waals surface area contributed by atoms with E-state index in [2.05, 4.69) is 56.7 Å². The van der Waals surface area contributed by atoms with Gasteiger partial charge in [0.05, 0.1) is 5.79 Å². The lowest BCUT2D eigenvalue weighted by molar-refractivity contribution is 0.194. The molecule has 11 heavy (non-hydrogen) atoms. The Hall–Kier alpha value is 0.0969. The number of hydrogen-bond acceptors (Lipinski definition) is 3. The Kier molecular flexibility index (Phi) is 4.91. The fourth-order valence-electron chi connectivity index (χ4n) is 1.12. The molecule has 0 fully saturated rings. The Bertz CT molecular complexity index is 95.9. The largest absolute Gasteiger partial charge is 0.332 e. The predicted molar refractivity (Wildman–Crippen MR) is 53.4 cm³/mol. The van der Waals surface area contributed by atoms with E-state index in [0.29, 0.717) is 5.79 Å². The molecule has 4 heteroatoms. The fraction of sp³-hybridized carbons (Fsp3) is 1.00. The highest BCUT2D eigenvalue weighted by molar-refractivity contribution is 6.33. The Balaban J connectivity index is 3.90. The van der Waals surface area contributed by atoms with Crippen LogP contribution in [-0.4, -0.2) is 72.1 Å². The topological polar surface area (TPSA) is 9.72 Å². The zero-order chi connectivity index (χ0) is 9.02. The molecule has 0 N–H and O–H groups in total. The molecule has 0 rings (SSSR count).